The van der Waals surface area contributed by atoms with Gasteiger partial charge in [0, 0.05) is 11.8 Å². The van der Waals surface area contributed by atoms with Gasteiger partial charge in [0.1, 0.15) is 0 Å². The zero-order valence-corrected chi connectivity index (χ0v) is 7.72. The molecule has 0 aliphatic carbocycles. The standard InChI is InChI=1S/C9H14O3/c1-8(2)5-11-9(3)6(10)4-7(8)12-9/h7H,4-5H2,1-3H3/t7-,9+/m1/s1. The van der Waals surface area contributed by atoms with E-state index >= 15 is 0 Å². The summed E-state index contributed by atoms with van der Waals surface area (Å²) in [4.78, 5) is 11.4. The molecule has 0 unspecified atom stereocenters. The number of hydrogen-bond acceptors (Lipinski definition) is 3. The van der Waals surface area contributed by atoms with Crippen LogP contribution < -0.4 is 0 Å². The summed E-state index contributed by atoms with van der Waals surface area (Å²) in [7, 11) is 0. The van der Waals surface area contributed by atoms with E-state index in [1.165, 1.54) is 0 Å². The predicted molar refractivity (Wildman–Crippen MR) is 42.6 cm³/mol. The number of ether oxygens (including phenoxy) is 2. The van der Waals surface area contributed by atoms with E-state index in [1.807, 2.05) is 0 Å². The Morgan fingerprint density at radius 2 is 2.08 bits per heavy atom. The smallest absolute Gasteiger partial charge is 0.226 e. The van der Waals surface area contributed by atoms with E-state index in [1.54, 1.807) is 6.92 Å². The molecule has 3 nitrogen and oxygen atoms in total. The molecule has 68 valence electrons. The number of rotatable bonds is 0. The summed E-state index contributed by atoms with van der Waals surface area (Å²) < 4.78 is 11.0. The number of carbonyl (C=O) groups is 1. The Kier molecular flexibility index (Phi) is 1.43. The molecular formula is C9H14O3. The third-order valence-corrected chi connectivity index (χ3v) is 2.84. The van der Waals surface area contributed by atoms with Crippen molar-refractivity contribution in [2.75, 3.05) is 6.61 Å². The fourth-order valence-corrected chi connectivity index (χ4v) is 1.70. The molecule has 2 aliphatic heterocycles. The van der Waals surface area contributed by atoms with Crippen LogP contribution in [0.2, 0.25) is 0 Å². The molecule has 0 radical (unpaired) electrons. The van der Waals surface area contributed by atoms with Crippen LogP contribution in [0.5, 0.6) is 0 Å². The second kappa shape index (κ2) is 2.09. The summed E-state index contributed by atoms with van der Waals surface area (Å²) in [5.74, 6) is -0.849. The first kappa shape index (κ1) is 8.20. The largest absolute Gasteiger partial charge is 0.343 e. The van der Waals surface area contributed by atoms with E-state index in [2.05, 4.69) is 13.8 Å². The van der Waals surface area contributed by atoms with Gasteiger partial charge < -0.3 is 9.47 Å². The lowest BCUT2D eigenvalue weighted by Gasteiger charge is -2.39. The summed E-state index contributed by atoms with van der Waals surface area (Å²) in [5.41, 5.74) is -0.0222. The summed E-state index contributed by atoms with van der Waals surface area (Å²) in [5, 5.41) is 0. The molecule has 12 heavy (non-hydrogen) atoms. The van der Waals surface area contributed by atoms with E-state index in [9.17, 15) is 4.79 Å². The van der Waals surface area contributed by atoms with Crippen molar-refractivity contribution in [2.24, 2.45) is 5.41 Å². The highest BCUT2D eigenvalue weighted by molar-refractivity contribution is 5.88. The Morgan fingerprint density at radius 3 is 2.67 bits per heavy atom. The third kappa shape index (κ3) is 0.930. The molecule has 2 bridgehead atoms. The molecule has 2 saturated heterocycles. The van der Waals surface area contributed by atoms with E-state index < -0.39 is 5.79 Å². The Morgan fingerprint density at radius 1 is 1.42 bits per heavy atom. The minimum atomic E-state index is -0.930. The van der Waals surface area contributed by atoms with Gasteiger partial charge in [-0.2, -0.15) is 0 Å². The number of fused-ring (bicyclic) bond motifs is 2. The van der Waals surface area contributed by atoms with Crippen molar-refractivity contribution in [1.29, 1.82) is 0 Å². The molecule has 2 rings (SSSR count). The van der Waals surface area contributed by atoms with Crippen LogP contribution in [0.4, 0.5) is 0 Å². The molecule has 2 heterocycles. The zero-order valence-electron chi connectivity index (χ0n) is 7.72. The zero-order chi connectivity index (χ0) is 8.98. The van der Waals surface area contributed by atoms with Crippen LogP contribution >= 0.6 is 0 Å². The van der Waals surface area contributed by atoms with E-state index in [4.69, 9.17) is 9.47 Å². The molecule has 0 N–H and O–H groups in total. The monoisotopic (exact) mass is 170 g/mol. The first-order valence-electron chi connectivity index (χ1n) is 4.29. The van der Waals surface area contributed by atoms with Gasteiger partial charge in [-0.25, -0.2) is 0 Å². The van der Waals surface area contributed by atoms with Crippen LogP contribution in [0, 0.1) is 5.41 Å². The summed E-state index contributed by atoms with van der Waals surface area (Å²) in [6.07, 6.45) is 0.549. The summed E-state index contributed by atoms with van der Waals surface area (Å²) in [6.45, 7) is 6.45. The fraction of sp³-hybridized carbons (Fsp3) is 0.889. The van der Waals surface area contributed by atoms with Crippen molar-refractivity contribution < 1.29 is 14.3 Å². The van der Waals surface area contributed by atoms with Gasteiger partial charge in [0.2, 0.25) is 5.79 Å². The third-order valence-electron chi connectivity index (χ3n) is 2.84. The SMILES string of the molecule is CC1(C)CO[C@@]2(C)O[C@@H]1CC2=O. The normalized spacial score (nSPS) is 44.9. The van der Waals surface area contributed by atoms with Crippen LogP contribution in [0.3, 0.4) is 0 Å². The lowest BCUT2D eigenvalue weighted by molar-refractivity contribution is -0.275. The number of Topliss-reactive ketones (excluding diaryl/α,β-unsaturated/α-hetero) is 1. The van der Waals surface area contributed by atoms with Gasteiger partial charge in [-0.15, -0.1) is 0 Å². The van der Waals surface area contributed by atoms with Crippen molar-refractivity contribution in [2.45, 2.75) is 39.1 Å². The highest BCUT2D eigenvalue weighted by Crippen LogP contribution is 2.43. The van der Waals surface area contributed by atoms with Crippen LogP contribution in [0.15, 0.2) is 0 Å². The number of carbonyl (C=O) groups excluding carboxylic acids is 1. The van der Waals surface area contributed by atoms with Crippen molar-refractivity contribution in [1.82, 2.24) is 0 Å². The molecule has 2 fully saturated rings. The molecule has 2 atom stereocenters. The second-order valence-electron chi connectivity index (χ2n) is 4.46. The maximum Gasteiger partial charge on any atom is 0.226 e. The van der Waals surface area contributed by atoms with Gasteiger partial charge >= 0.3 is 0 Å². The Hall–Kier alpha value is -0.410. The maximum absolute atomic E-state index is 11.4. The summed E-state index contributed by atoms with van der Waals surface area (Å²) in [6, 6.07) is 0. The second-order valence-corrected chi connectivity index (χ2v) is 4.46. The minimum absolute atomic E-state index is 0.0222. The number of hydrogen-bond donors (Lipinski definition) is 0. The predicted octanol–water partition coefficient (Wildman–Crippen LogP) is 1.12. The summed E-state index contributed by atoms with van der Waals surface area (Å²) >= 11 is 0. The molecule has 0 amide bonds. The fourth-order valence-electron chi connectivity index (χ4n) is 1.70. The first-order chi connectivity index (χ1) is 5.44. The van der Waals surface area contributed by atoms with Gasteiger partial charge in [-0.3, -0.25) is 4.79 Å². The Balaban J connectivity index is 2.29. The molecule has 0 saturated carbocycles. The molecule has 0 spiro atoms. The molecule has 0 aromatic heterocycles. The van der Waals surface area contributed by atoms with Gasteiger partial charge in [-0.1, -0.05) is 13.8 Å². The van der Waals surface area contributed by atoms with Crippen LogP contribution in [-0.4, -0.2) is 24.3 Å². The van der Waals surface area contributed by atoms with Crippen molar-refractivity contribution in [3.8, 4) is 0 Å². The molecule has 0 aromatic rings. The van der Waals surface area contributed by atoms with E-state index in [0.717, 1.165) is 0 Å². The lowest BCUT2D eigenvalue weighted by Crippen LogP contribution is -2.46. The Labute approximate surface area is 72.0 Å². The topological polar surface area (TPSA) is 35.5 Å². The van der Waals surface area contributed by atoms with Crippen LogP contribution in [0.25, 0.3) is 0 Å². The number of ketones is 1. The van der Waals surface area contributed by atoms with E-state index in [-0.39, 0.29) is 17.3 Å². The maximum atomic E-state index is 11.4. The average molecular weight is 170 g/mol. The quantitative estimate of drug-likeness (QED) is 0.546. The van der Waals surface area contributed by atoms with Crippen LogP contribution in [-0.2, 0) is 14.3 Å². The van der Waals surface area contributed by atoms with E-state index in [0.29, 0.717) is 13.0 Å². The van der Waals surface area contributed by atoms with Crippen molar-refractivity contribution in [3.05, 3.63) is 0 Å². The lowest BCUT2D eigenvalue weighted by atomic mass is 9.86. The highest BCUT2D eigenvalue weighted by Gasteiger charge is 2.54. The Bertz CT molecular complexity index is 234. The first-order valence-corrected chi connectivity index (χ1v) is 4.29. The van der Waals surface area contributed by atoms with Crippen molar-refractivity contribution in [3.63, 3.8) is 0 Å². The van der Waals surface area contributed by atoms with Gasteiger partial charge in [0.05, 0.1) is 12.7 Å². The molecule has 0 aromatic carbocycles. The van der Waals surface area contributed by atoms with Gasteiger partial charge in [-0.05, 0) is 6.92 Å². The van der Waals surface area contributed by atoms with Crippen LogP contribution in [0.1, 0.15) is 27.2 Å². The molecule has 2 aliphatic rings. The van der Waals surface area contributed by atoms with Crippen molar-refractivity contribution >= 4 is 5.78 Å². The molecule has 3 heteroatoms. The highest BCUT2D eigenvalue weighted by atomic mass is 16.7. The molecular weight excluding hydrogens is 156 g/mol. The van der Waals surface area contributed by atoms with Gasteiger partial charge in [0.25, 0.3) is 0 Å². The minimum Gasteiger partial charge on any atom is -0.343 e. The average Bonchev–Trinajstić information content (AvgIpc) is 2.22. The van der Waals surface area contributed by atoms with Gasteiger partial charge in [0.15, 0.2) is 5.78 Å².